The molecule has 1 aromatic carbocycles. The highest BCUT2D eigenvalue weighted by Gasteiger charge is 2.36. The van der Waals surface area contributed by atoms with Crippen molar-refractivity contribution in [1.29, 1.82) is 0 Å². The van der Waals surface area contributed by atoms with Gasteiger partial charge < -0.3 is 15.8 Å². The number of ether oxygens (including phenoxy) is 1. The number of carbonyl (C=O) groups is 1. The van der Waals surface area contributed by atoms with Gasteiger partial charge in [0.15, 0.2) is 0 Å². The Labute approximate surface area is 130 Å². The highest BCUT2D eigenvalue weighted by atomic mass is 35.5. The molecular weight excluding hydrogens is 295 g/mol. The fraction of sp³-hybridized carbons (Fsp3) is 0.533. The summed E-state index contributed by atoms with van der Waals surface area (Å²) in [6.07, 6.45) is 1.28. The summed E-state index contributed by atoms with van der Waals surface area (Å²) in [6, 6.07) is 6.40. The summed E-state index contributed by atoms with van der Waals surface area (Å²) >= 11 is 0. The van der Waals surface area contributed by atoms with Crippen LogP contribution in [-0.4, -0.2) is 25.7 Å². The number of hydrogen-bond acceptors (Lipinski definition) is 3. The number of nitrogens with one attached hydrogen (secondary N) is 1. The van der Waals surface area contributed by atoms with E-state index in [2.05, 4.69) is 5.32 Å². The van der Waals surface area contributed by atoms with Crippen molar-refractivity contribution in [1.82, 2.24) is 5.32 Å². The topological polar surface area (TPSA) is 64.4 Å². The highest BCUT2D eigenvalue weighted by Crippen LogP contribution is 2.32. The quantitative estimate of drug-likeness (QED) is 0.892. The van der Waals surface area contributed by atoms with Gasteiger partial charge >= 0.3 is 0 Å². The molecule has 3 N–H and O–H groups in total. The number of benzene rings is 1. The monoisotopic (exact) mass is 316 g/mol. The predicted octanol–water partition coefficient (Wildman–Crippen LogP) is 1.96. The van der Waals surface area contributed by atoms with Gasteiger partial charge in [-0.3, -0.25) is 4.79 Å². The molecule has 0 aliphatic carbocycles. The number of hydrogen-bond donors (Lipinski definition) is 2. The van der Waals surface area contributed by atoms with Gasteiger partial charge in [-0.2, -0.15) is 0 Å². The zero-order valence-electron chi connectivity index (χ0n) is 12.1. The van der Waals surface area contributed by atoms with Crippen molar-refractivity contribution in [3.63, 3.8) is 0 Å². The van der Waals surface area contributed by atoms with Crippen molar-refractivity contribution in [3.05, 3.63) is 35.6 Å². The van der Waals surface area contributed by atoms with Crippen LogP contribution >= 0.6 is 12.4 Å². The lowest BCUT2D eigenvalue weighted by Crippen LogP contribution is -2.51. The predicted molar refractivity (Wildman–Crippen MR) is 81.7 cm³/mol. The first-order valence-corrected chi connectivity index (χ1v) is 6.93. The van der Waals surface area contributed by atoms with Gasteiger partial charge in [-0.05, 0) is 30.5 Å². The number of amides is 1. The van der Waals surface area contributed by atoms with Crippen LogP contribution in [0.3, 0.4) is 0 Å². The lowest BCUT2D eigenvalue weighted by atomic mass is 9.82. The van der Waals surface area contributed by atoms with Gasteiger partial charge in [0.05, 0.1) is 5.54 Å². The van der Waals surface area contributed by atoms with Crippen LogP contribution in [0.4, 0.5) is 4.39 Å². The van der Waals surface area contributed by atoms with Gasteiger partial charge in [-0.15, -0.1) is 12.4 Å². The summed E-state index contributed by atoms with van der Waals surface area (Å²) in [5.41, 5.74) is 5.77. The van der Waals surface area contributed by atoms with Crippen LogP contribution in [0.1, 0.15) is 25.3 Å². The lowest BCUT2D eigenvalue weighted by molar-refractivity contribution is -0.127. The van der Waals surface area contributed by atoms with E-state index in [4.69, 9.17) is 10.5 Å². The van der Waals surface area contributed by atoms with E-state index in [0.717, 1.165) is 5.56 Å². The smallest absolute Gasteiger partial charge is 0.224 e. The Morgan fingerprint density at radius 3 is 2.71 bits per heavy atom. The molecule has 1 fully saturated rings. The molecule has 1 heterocycles. The second-order valence-electron chi connectivity index (χ2n) is 5.33. The first-order chi connectivity index (χ1) is 9.57. The van der Waals surface area contributed by atoms with E-state index >= 15 is 0 Å². The molecule has 2 rings (SSSR count). The molecule has 1 aliphatic rings. The molecular formula is C15H22ClFN2O2. The molecule has 0 aromatic heterocycles. The third kappa shape index (κ3) is 4.15. The molecule has 6 heteroatoms. The van der Waals surface area contributed by atoms with E-state index in [9.17, 15) is 9.18 Å². The number of halogens is 2. The fourth-order valence-electron chi connectivity index (χ4n) is 2.46. The summed E-state index contributed by atoms with van der Waals surface area (Å²) in [5, 5.41) is 3.06. The minimum absolute atomic E-state index is 0. The van der Waals surface area contributed by atoms with E-state index in [1.165, 1.54) is 12.1 Å². The molecule has 1 aliphatic heterocycles. The molecule has 1 aromatic rings. The van der Waals surface area contributed by atoms with Gasteiger partial charge in [0, 0.05) is 25.7 Å². The van der Waals surface area contributed by atoms with E-state index in [0.29, 0.717) is 32.6 Å². The summed E-state index contributed by atoms with van der Waals surface area (Å²) in [4.78, 5) is 12.2. The normalized spacial score (nSPS) is 18.4. The molecule has 0 saturated carbocycles. The second-order valence-corrected chi connectivity index (χ2v) is 5.33. The molecule has 0 bridgehead atoms. The molecule has 4 nitrogen and oxygen atoms in total. The molecule has 1 unspecified atom stereocenters. The second kappa shape index (κ2) is 7.73. The summed E-state index contributed by atoms with van der Waals surface area (Å²) in [6.45, 7) is 3.18. The van der Waals surface area contributed by atoms with Crippen LogP contribution in [-0.2, 0) is 15.1 Å². The van der Waals surface area contributed by atoms with Gasteiger partial charge in [0.25, 0.3) is 0 Å². The number of rotatable bonds is 4. The van der Waals surface area contributed by atoms with Crippen molar-refractivity contribution in [2.45, 2.75) is 25.3 Å². The van der Waals surface area contributed by atoms with Crippen LogP contribution < -0.4 is 11.1 Å². The van der Waals surface area contributed by atoms with Crippen LogP contribution in [0.5, 0.6) is 0 Å². The van der Waals surface area contributed by atoms with Gasteiger partial charge in [0.1, 0.15) is 5.82 Å². The molecule has 1 amide bonds. The zero-order valence-corrected chi connectivity index (χ0v) is 12.9. The Kier molecular flexibility index (Phi) is 6.58. The molecule has 1 atom stereocenters. The van der Waals surface area contributed by atoms with Crippen molar-refractivity contribution in [2.75, 3.05) is 19.8 Å². The molecule has 118 valence electrons. The van der Waals surface area contributed by atoms with E-state index in [-0.39, 0.29) is 30.0 Å². The average molecular weight is 317 g/mol. The van der Waals surface area contributed by atoms with Crippen LogP contribution in [0.25, 0.3) is 0 Å². The van der Waals surface area contributed by atoms with Crippen molar-refractivity contribution in [3.8, 4) is 0 Å². The van der Waals surface area contributed by atoms with Crippen LogP contribution in [0.2, 0.25) is 0 Å². The average Bonchev–Trinajstić information content (AvgIpc) is 2.47. The molecule has 1 saturated heterocycles. The largest absolute Gasteiger partial charge is 0.381 e. The van der Waals surface area contributed by atoms with Gasteiger partial charge in [-0.1, -0.05) is 19.1 Å². The van der Waals surface area contributed by atoms with Crippen molar-refractivity contribution in [2.24, 2.45) is 11.7 Å². The Balaban J connectivity index is 0.00000220. The third-order valence-corrected chi connectivity index (χ3v) is 3.89. The highest BCUT2D eigenvalue weighted by molar-refractivity contribution is 5.85. The first-order valence-electron chi connectivity index (χ1n) is 6.93. The van der Waals surface area contributed by atoms with Crippen molar-refractivity contribution >= 4 is 18.3 Å². The molecule has 0 radical (unpaired) electrons. The van der Waals surface area contributed by atoms with Crippen molar-refractivity contribution < 1.29 is 13.9 Å². The maximum Gasteiger partial charge on any atom is 0.224 e. The van der Waals surface area contributed by atoms with E-state index in [1.807, 2.05) is 6.07 Å². The van der Waals surface area contributed by atoms with Gasteiger partial charge in [0.2, 0.25) is 5.91 Å². The number of carbonyl (C=O) groups excluding carboxylic acids is 1. The van der Waals surface area contributed by atoms with Crippen LogP contribution in [0.15, 0.2) is 24.3 Å². The summed E-state index contributed by atoms with van der Waals surface area (Å²) in [7, 11) is 0. The zero-order chi connectivity index (χ0) is 14.6. The van der Waals surface area contributed by atoms with E-state index in [1.54, 1.807) is 13.0 Å². The third-order valence-electron chi connectivity index (χ3n) is 3.89. The Morgan fingerprint density at radius 1 is 1.48 bits per heavy atom. The van der Waals surface area contributed by atoms with E-state index < -0.39 is 5.54 Å². The minimum Gasteiger partial charge on any atom is -0.381 e. The minimum atomic E-state index is -0.555. The summed E-state index contributed by atoms with van der Waals surface area (Å²) in [5.74, 6) is -0.656. The fourth-order valence-corrected chi connectivity index (χ4v) is 2.46. The molecule has 0 spiro atoms. The lowest BCUT2D eigenvalue weighted by Gasteiger charge is -2.39. The maximum atomic E-state index is 13.5. The van der Waals surface area contributed by atoms with Crippen LogP contribution in [0, 0.1) is 11.7 Å². The van der Waals surface area contributed by atoms with Gasteiger partial charge in [-0.25, -0.2) is 4.39 Å². The Hall–Kier alpha value is -1.17. The Bertz CT molecular complexity index is 478. The molecule has 21 heavy (non-hydrogen) atoms. The maximum absolute atomic E-state index is 13.5. The SMILES string of the molecule is CC(CN)C(=O)NC1(c2cccc(F)c2)CCOCC1.Cl. The summed E-state index contributed by atoms with van der Waals surface area (Å²) < 4.78 is 18.9. The number of nitrogens with two attached hydrogens (primary N) is 1. The Morgan fingerprint density at radius 2 is 2.14 bits per heavy atom. The standard InChI is InChI=1S/C15H21FN2O2.ClH/c1-11(10-17)14(19)18-15(5-7-20-8-6-15)12-3-2-4-13(16)9-12;/h2-4,9,11H,5-8,10,17H2,1H3,(H,18,19);1H. The first kappa shape index (κ1) is 17.9.